The Labute approximate surface area is 118 Å². The minimum atomic E-state index is -0.0268. The number of hydrogen-bond donors (Lipinski definition) is 1. The number of nitrogens with two attached hydrogens (primary N) is 1. The van der Waals surface area contributed by atoms with Crippen molar-refractivity contribution in [3.63, 3.8) is 0 Å². The number of furan rings is 1. The van der Waals surface area contributed by atoms with Gasteiger partial charge in [0, 0.05) is 6.04 Å². The van der Waals surface area contributed by atoms with Gasteiger partial charge in [-0.25, -0.2) is 4.98 Å². The molecule has 2 N–H and O–H groups in total. The molecular formula is C16H19N3O. The molecule has 2 atom stereocenters. The van der Waals surface area contributed by atoms with Gasteiger partial charge in [-0.15, -0.1) is 0 Å². The largest absolute Gasteiger partial charge is 0.464 e. The topological polar surface area (TPSA) is 57.0 Å². The van der Waals surface area contributed by atoms with Gasteiger partial charge in [0.15, 0.2) is 0 Å². The second-order valence-corrected chi connectivity index (χ2v) is 5.11. The van der Waals surface area contributed by atoms with E-state index in [1.807, 2.05) is 43.6 Å². The van der Waals surface area contributed by atoms with E-state index in [0.29, 0.717) is 0 Å². The van der Waals surface area contributed by atoms with Crippen molar-refractivity contribution in [2.45, 2.75) is 32.4 Å². The van der Waals surface area contributed by atoms with E-state index in [9.17, 15) is 0 Å². The van der Waals surface area contributed by atoms with Crippen LogP contribution in [0.2, 0.25) is 0 Å². The Morgan fingerprint density at radius 2 is 2.05 bits per heavy atom. The number of imidazole rings is 1. The van der Waals surface area contributed by atoms with Crippen molar-refractivity contribution in [2.75, 3.05) is 0 Å². The molecule has 0 spiro atoms. The maximum atomic E-state index is 6.33. The number of aromatic nitrogens is 2. The van der Waals surface area contributed by atoms with Crippen LogP contribution in [0, 0.1) is 6.92 Å². The smallest absolute Gasteiger partial charge is 0.128 e. The number of para-hydroxylation sites is 2. The van der Waals surface area contributed by atoms with Gasteiger partial charge in [0.2, 0.25) is 0 Å². The predicted octanol–water partition coefficient (Wildman–Crippen LogP) is 3.26. The minimum absolute atomic E-state index is 0.0156. The molecule has 0 radical (unpaired) electrons. The van der Waals surface area contributed by atoms with E-state index in [0.717, 1.165) is 29.0 Å². The molecule has 0 amide bonds. The number of aryl methyl sites for hydroxylation is 1. The highest BCUT2D eigenvalue weighted by Gasteiger charge is 2.24. The molecule has 0 aliphatic heterocycles. The average Bonchev–Trinajstić information content (AvgIpc) is 3.07. The van der Waals surface area contributed by atoms with Gasteiger partial charge >= 0.3 is 0 Å². The van der Waals surface area contributed by atoms with Gasteiger partial charge in [-0.1, -0.05) is 19.1 Å². The van der Waals surface area contributed by atoms with Crippen molar-refractivity contribution in [1.29, 1.82) is 0 Å². The van der Waals surface area contributed by atoms with E-state index in [2.05, 4.69) is 22.5 Å². The van der Waals surface area contributed by atoms with Crippen LogP contribution in [-0.2, 0) is 0 Å². The highest BCUT2D eigenvalue weighted by atomic mass is 16.3. The summed E-state index contributed by atoms with van der Waals surface area (Å²) in [6.07, 6.45) is 2.72. The Morgan fingerprint density at radius 3 is 2.75 bits per heavy atom. The van der Waals surface area contributed by atoms with Crippen LogP contribution in [0.3, 0.4) is 0 Å². The summed E-state index contributed by atoms with van der Waals surface area (Å²) < 4.78 is 7.93. The molecule has 2 aromatic heterocycles. The van der Waals surface area contributed by atoms with E-state index < -0.39 is 0 Å². The van der Waals surface area contributed by atoms with E-state index >= 15 is 0 Å². The zero-order chi connectivity index (χ0) is 14.1. The fraction of sp³-hybridized carbons (Fsp3) is 0.312. The fourth-order valence-corrected chi connectivity index (χ4v) is 2.59. The van der Waals surface area contributed by atoms with Gasteiger partial charge in [0.1, 0.15) is 17.6 Å². The van der Waals surface area contributed by atoms with E-state index in [4.69, 9.17) is 10.2 Å². The lowest BCUT2D eigenvalue weighted by Gasteiger charge is -2.23. The van der Waals surface area contributed by atoms with Crippen molar-refractivity contribution >= 4 is 11.0 Å². The van der Waals surface area contributed by atoms with Gasteiger partial charge in [0.25, 0.3) is 0 Å². The zero-order valence-corrected chi connectivity index (χ0v) is 11.8. The average molecular weight is 269 g/mol. The summed E-state index contributed by atoms with van der Waals surface area (Å²) in [6, 6.07) is 12.0. The quantitative estimate of drug-likeness (QED) is 0.791. The second kappa shape index (κ2) is 5.13. The molecule has 2 unspecified atom stereocenters. The van der Waals surface area contributed by atoms with Crippen molar-refractivity contribution in [1.82, 2.24) is 9.55 Å². The molecule has 0 aliphatic carbocycles. The molecule has 0 saturated heterocycles. The van der Waals surface area contributed by atoms with Crippen LogP contribution in [0.1, 0.15) is 30.9 Å². The molecule has 104 valence electrons. The van der Waals surface area contributed by atoms with Gasteiger partial charge in [-0.2, -0.15) is 0 Å². The van der Waals surface area contributed by atoms with Gasteiger partial charge < -0.3 is 14.7 Å². The summed E-state index contributed by atoms with van der Waals surface area (Å²) in [5.74, 6) is 1.79. The summed E-state index contributed by atoms with van der Waals surface area (Å²) in [4.78, 5) is 4.45. The number of benzene rings is 1. The third-order valence-electron chi connectivity index (χ3n) is 3.71. The Bertz CT molecular complexity index is 713. The first-order valence-electron chi connectivity index (χ1n) is 6.94. The maximum Gasteiger partial charge on any atom is 0.128 e. The van der Waals surface area contributed by atoms with Gasteiger partial charge in [0.05, 0.1) is 17.4 Å². The first-order valence-corrected chi connectivity index (χ1v) is 6.94. The third kappa shape index (κ3) is 2.12. The Balaban J connectivity index is 2.14. The summed E-state index contributed by atoms with van der Waals surface area (Å²) in [5.41, 5.74) is 8.39. The molecule has 0 saturated carbocycles. The SMILES string of the molecule is CCC(N)C(c1ccc(C)o1)n1cnc2ccccc21. The first-order chi connectivity index (χ1) is 9.70. The predicted molar refractivity (Wildman–Crippen MR) is 79.6 cm³/mol. The van der Waals surface area contributed by atoms with Crippen molar-refractivity contribution < 1.29 is 4.42 Å². The summed E-state index contributed by atoms with van der Waals surface area (Å²) in [5, 5.41) is 0. The Morgan fingerprint density at radius 1 is 1.25 bits per heavy atom. The molecule has 4 nitrogen and oxygen atoms in total. The molecule has 3 aromatic rings. The van der Waals surface area contributed by atoms with Crippen LogP contribution < -0.4 is 5.73 Å². The molecule has 4 heteroatoms. The molecule has 0 bridgehead atoms. The van der Waals surface area contributed by atoms with E-state index in [1.165, 1.54) is 0 Å². The zero-order valence-electron chi connectivity index (χ0n) is 11.8. The van der Waals surface area contributed by atoms with E-state index in [1.54, 1.807) is 0 Å². The van der Waals surface area contributed by atoms with Crippen molar-refractivity contribution in [2.24, 2.45) is 5.73 Å². The van der Waals surface area contributed by atoms with Crippen LogP contribution in [0.15, 0.2) is 47.1 Å². The van der Waals surface area contributed by atoms with Crippen LogP contribution >= 0.6 is 0 Å². The minimum Gasteiger partial charge on any atom is -0.464 e. The lowest BCUT2D eigenvalue weighted by atomic mass is 10.0. The summed E-state index contributed by atoms with van der Waals surface area (Å²) in [6.45, 7) is 4.04. The molecule has 20 heavy (non-hydrogen) atoms. The van der Waals surface area contributed by atoms with Gasteiger partial charge in [-0.05, 0) is 37.6 Å². The van der Waals surface area contributed by atoms with Crippen molar-refractivity contribution in [3.8, 4) is 0 Å². The molecule has 1 aromatic carbocycles. The maximum absolute atomic E-state index is 6.33. The molecule has 0 fully saturated rings. The first kappa shape index (κ1) is 12.9. The molecular weight excluding hydrogens is 250 g/mol. The van der Waals surface area contributed by atoms with E-state index in [-0.39, 0.29) is 12.1 Å². The Hall–Kier alpha value is -2.07. The normalized spacial score (nSPS) is 14.6. The van der Waals surface area contributed by atoms with Crippen LogP contribution in [0.5, 0.6) is 0 Å². The fourth-order valence-electron chi connectivity index (χ4n) is 2.59. The number of fused-ring (bicyclic) bond motifs is 1. The molecule has 2 heterocycles. The number of hydrogen-bond acceptors (Lipinski definition) is 3. The second-order valence-electron chi connectivity index (χ2n) is 5.11. The monoisotopic (exact) mass is 269 g/mol. The summed E-state index contributed by atoms with van der Waals surface area (Å²) in [7, 11) is 0. The van der Waals surface area contributed by atoms with Crippen molar-refractivity contribution in [3.05, 3.63) is 54.2 Å². The Kier molecular flexibility index (Phi) is 3.32. The van der Waals surface area contributed by atoms with Crippen LogP contribution in [-0.4, -0.2) is 15.6 Å². The van der Waals surface area contributed by atoms with Crippen LogP contribution in [0.25, 0.3) is 11.0 Å². The standard InChI is InChI=1S/C16H19N3O/c1-3-12(17)16(15-9-8-11(2)20-15)19-10-18-13-6-4-5-7-14(13)19/h4-10,12,16H,3,17H2,1-2H3. The molecule has 3 rings (SSSR count). The highest BCUT2D eigenvalue weighted by molar-refractivity contribution is 5.75. The summed E-state index contributed by atoms with van der Waals surface area (Å²) >= 11 is 0. The van der Waals surface area contributed by atoms with Crippen LogP contribution in [0.4, 0.5) is 0 Å². The highest BCUT2D eigenvalue weighted by Crippen LogP contribution is 2.28. The van der Waals surface area contributed by atoms with Gasteiger partial charge in [-0.3, -0.25) is 0 Å². The number of nitrogens with zero attached hydrogens (tertiary/aromatic N) is 2. The number of rotatable bonds is 4. The molecule has 0 aliphatic rings. The lowest BCUT2D eigenvalue weighted by Crippen LogP contribution is -2.32. The lowest BCUT2D eigenvalue weighted by molar-refractivity contribution is 0.370. The third-order valence-corrected chi connectivity index (χ3v) is 3.71.